The number of fused-ring (bicyclic) bond motifs is 1. The lowest BCUT2D eigenvalue weighted by atomic mass is 10.0. The quantitative estimate of drug-likeness (QED) is 0.554. The van der Waals surface area contributed by atoms with Crippen molar-refractivity contribution < 1.29 is 32.2 Å². The Morgan fingerprint density at radius 3 is 2.73 bits per heavy atom. The van der Waals surface area contributed by atoms with Gasteiger partial charge in [-0.1, -0.05) is 0 Å². The number of hydrogen-bond donors (Lipinski definition) is 0. The van der Waals surface area contributed by atoms with Gasteiger partial charge in [0.1, 0.15) is 19.5 Å². The van der Waals surface area contributed by atoms with Gasteiger partial charge < -0.3 is 14.2 Å². The van der Waals surface area contributed by atoms with E-state index in [9.17, 15) is 18.0 Å². The largest absolute Gasteiger partial charge is 0.493 e. The molecular weight excluding hydrogens is 362 g/mol. The number of hydrogen-bond acceptors (Lipinski definition) is 7. The van der Waals surface area contributed by atoms with Crippen molar-refractivity contribution in [2.24, 2.45) is 0 Å². The normalized spacial score (nSPS) is 19.1. The summed E-state index contributed by atoms with van der Waals surface area (Å²) in [6.07, 6.45) is 2.83. The molecule has 1 aromatic carbocycles. The molecule has 9 heteroatoms. The van der Waals surface area contributed by atoms with Gasteiger partial charge in [0.15, 0.2) is 12.4 Å². The molecule has 0 fully saturated rings. The van der Waals surface area contributed by atoms with E-state index in [-0.39, 0.29) is 24.2 Å². The SMILES string of the molecule is C[C@@H]1Cc2cc(C(=O)COC(=O)C3=COCCO3)ccc2N1S(C)(=O)=O. The minimum absolute atomic E-state index is 0.0735. The molecule has 0 saturated carbocycles. The van der Waals surface area contributed by atoms with Crippen molar-refractivity contribution in [3.05, 3.63) is 41.3 Å². The van der Waals surface area contributed by atoms with E-state index in [2.05, 4.69) is 0 Å². The lowest BCUT2D eigenvalue weighted by molar-refractivity contribution is -0.143. The number of rotatable bonds is 5. The fourth-order valence-corrected chi connectivity index (χ4v) is 4.31. The molecule has 2 aliphatic heterocycles. The van der Waals surface area contributed by atoms with E-state index in [0.29, 0.717) is 24.3 Å². The van der Waals surface area contributed by atoms with Crippen molar-refractivity contribution in [1.82, 2.24) is 0 Å². The standard InChI is InChI=1S/C17H19NO7S/c1-11-7-13-8-12(3-4-14(13)18(11)26(2,21)22)15(19)9-25-17(20)16-10-23-5-6-24-16/h3-4,8,10-11H,5-7,9H2,1-2H3/t11-/m1/s1. The molecule has 0 N–H and O–H groups in total. The predicted molar refractivity (Wildman–Crippen MR) is 92.2 cm³/mol. The van der Waals surface area contributed by atoms with Gasteiger partial charge in [0, 0.05) is 11.6 Å². The Balaban J connectivity index is 1.69. The van der Waals surface area contributed by atoms with Crippen molar-refractivity contribution in [1.29, 1.82) is 0 Å². The Morgan fingerprint density at radius 1 is 1.31 bits per heavy atom. The van der Waals surface area contributed by atoms with Crippen molar-refractivity contribution in [3.63, 3.8) is 0 Å². The van der Waals surface area contributed by atoms with Crippen LogP contribution < -0.4 is 4.31 Å². The second-order valence-corrected chi connectivity index (χ2v) is 8.02. The van der Waals surface area contributed by atoms with Crippen LogP contribution in [0.5, 0.6) is 0 Å². The summed E-state index contributed by atoms with van der Waals surface area (Å²) in [5, 5.41) is 0. The molecule has 1 atom stereocenters. The predicted octanol–water partition coefficient (Wildman–Crippen LogP) is 1.01. The van der Waals surface area contributed by atoms with E-state index in [1.807, 2.05) is 6.92 Å². The summed E-state index contributed by atoms with van der Waals surface area (Å²) in [5.74, 6) is -1.23. The molecule has 0 unspecified atom stereocenters. The van der Waals surface area contributed by atoms with Crippen LogP contribution >= 0.6 is 0 Å². The first kappa shape index (κ1) is 18.2. The molecule has 0 bridgehead atoms. The van der Waals surface area contributed by atoms with Crippen LogP contribution in [0.2, 0.25) is 0 Å². The molecule has 140 valence electrons. The Labute approximate surface area is 151 Å². The van der Waals surface area contributed by atoms with Gasteiger partial charge in [-0.15, -0.1) is 0 Å². The summed E-state index contributed by atoms with van der Waals surface area (Å²) in [5.41, 5.74) is 1.70. The number of anilines is 1. The van der Waals surface area contributed by atoms with Gasteiger partial charge in [0.25, 0.3) is 0 Å². The van der Waals surface area contributed by atoms with Crippen LogP contribution in [0.3, 0.4) is 0 Å². The highest BCUT2D eigenvalue weighted by Crippen LogP contribution is 2.34. The second kappa shape index (κ2) is 6.99. The molecule has 2 aliphatic rings. The van der Waals surface area contributed by atoms with Gasteiger partial charge in [0.05, 0.1) is 11.9 Å². The Morgan fingerprint density at radius 2 is 2.08 bits per heavy atom. The number of ether oxygens (including phenoxy) is 3. The number of esters is 1. The van der Waals surface area contributed by atoms with Gasteiger partial charge >= 0.3 is 5.97 Å². The molecule has 0 aromatic heterocycles. The first-order valence-corrected chi connectivity index (χ1v) is 9.89. The molecule has 0 saturated heterocycles. The summed E-state index contributed by atoms with van der Waals surface area (Å²) >= 11 is 0. The number of nitrogens with zero attached hydrogens (tertiary/aromatic N) is 1. The van der Waals surface area contributed by atoms with Crippen LogP contribution in [0.4, 0.5) is 5.69 Å². The van der Waals surface area contributed by atoms with Crippen LogP contribution in [-0.2, 0) is 35.4 Å². The van der Waals surface area contributed by atoms with Crippen LogP contribution in [0.1, 0.15) is 22.8 Å². The topological polar surface area (TPSA) is 99.2 Å². The fraction of sp³-hybridized carbons (Fsp3) is 0.412. The Kier molecular flexibility index (Phi) is 4.90. The third-order valence-corrected chi connectivity index (χ3v) is 5.37. The van der Waals surface area contributed by atoms with Gasteiger partial charge in [-0.25, -0.2) is 13.2 Å². The van der Waals surface area contributed by atoms with E-state index in [1.165, 1.54) is 10.4 Å². The molecule has 2 heterocycles. The highest BCUT2D eigenvalue weighted by molar-refractivity contribution is 7.92. The fourth-order valence-electron chi connectivity index (χ4n) is 3.04. The summed E-state index contributed by atoms with van der Waals surface area (Å²) in [6.45, 7) is 1.97. The molecule has 26 heavy (non-hydrogen) atoms. The van der Waals surface area contributed by atoms with Gasteiger partial charge in [0.2, 0.25) is 15.8 Å². The zero-order chi connectivity index (χ0) is 18.9. The van der Waals surface area contributed by atoms with E-state index < -0.39 is 22.6 Å². The number of ketones is 1. The summed E-state index contributed by atoms with van der Waals surface area (Å²) in [7, 11) is -3.39. The number of sulfonamides is 1. The van der Waals surface area contributed by atoms with Gasteiger partial charge in [-0.2, -0.15) is 0 Å². The lowest BCUT2D eigenvalue weighted by Gasteiger charge is -2.21. The number of benzene rings is 1. The summed E-state index contributed by atoms with van der Waals surface area (Å²) in [6, 6.07) is 4.57. The molecule has 0 aliphatic carbocycles. The highest BCUT2D eigenvalue weighted by Gasteiger charge is 2.32. The summed E-state index contributed by atoms with van der Waals surface area (Å²) in [4.78, 5) is 24.1. The van der Waals surface area contributed by atoms with E-state index in [1.54, 1.807) is 12.1 Å². The van der Waals surface area contributed by atoms with Crippen LogP contribution in [-0.4, -0.2) is 52.3 Å². The van der Waals surface area contributed by atoms with Crippen molar-refractivity contribution in [2.45, 2.75) is 19.4 Å². The molecular formula is C17H19NO7S. The lowest BCUT2D eigenvalue weighted by Crippen LogP contribution is -2.34. The van der Waals surface area contributed by atoms with Crippen molar-refractivity contribution >= 4 is 27.5 Å². The van der Waals surface area contributed by atoms with E-state index in [0.717, 1.165) is 18.1 Å². The highest BCUT2D eigenvalue weighted by atomic mass is 32.2. The molecule has 0 spiro atoms. The Hall–Kier alpha value is -2.55. The molecule has 3 rings (SSSR count). The Bertz CT molecular complexity index is 875. The smallest absolute Gasteiger partial charge is 0.377 e. The minimum atomic E-state index is -3.39. The van der Waals surface area contributed by atoms with Crippen molar-refractivity contribution in [2.75, 3.05) is 30.4 Å². The summed E-state index contributed by atoms with van der Waals surface area (Å²) < 4.78 is 40.2. The minimum Gasteiger partial charge on any atom is -0.493 e. The third kappa shape index (κ3) is 3.67. The third-order valence-electron chi connectivity index (χ3n) is 4.10. The van der Waals surface area contributed by atoms with E-state index >= 15 is 0 Å². The average Bonchev–Trinajstić information content (AvgIpc) is 2.95. The molecule has 1 aromatic rings. The molecule has 8 nitrogen and oxygen atoms in total. The van der Waals surface area contributed by atoms with Crippen molar-refractivity contribution in [3.8, 4) is 0 Å². The monoisotopic (exact) mass is 381 g/mol. The van der Waals surface area contributed by atoms with E-state index in [4.69, 9.17) is 14.2 Å². The zero-order valence-corrected chi connectivity index (χ0v) is 15.2. The van der Waals surface area contributed by atoms with Crippen LogP contribution in [0, 0.1) is 0 Å². The van der Waals surface area contributed by atoms with Crippen LogP contribution in [0.25, 0.3) is 0 Å². The first-order valence-electron chi connectivity index (χ1n) is 8.04. The second-order valence-electron chi connectivity index (χ2n) is 6.16. The van der Waals surface area contributed by atoms with Gasteiger partial charge in [-0.05, 0) is 37.1 Å². The maximum atomic E-state index is 12.3. The molecule has 0 radical (unpaired) electrons. The zero-order valence-electron chi connectivity index (χ0n) is 14.4. The number of carbonyl (C=O) groups is 2. The van der Waals surface area contributed by atoms with Gasteiger partial charge in [-0.3, -0.25) is 9.10 Å². The number of carbonyl (C=O) groups excluding carboxylic acids is 2. The maximum absolute atomic E-state index is 12.3. The first-order chi connectivity index (χ1) is 12.3. The number of Topliss-reactive ketones (excluding diaryl/α,β-unsaturated/α-hetero) is 1. The van der Waals surface area contributed by atoms with Crippen LogP contribution in [0.15, 0.2) is 30.2 Å². The maximum Gasteiger partial charge on any atom is 0.377 e. The molecule has 0 amide bonds. The average molecular weight is 381 g/mol.